The maximum absolute atomic E-state index is 5.92. The first-order valence-corrected chi connectivity index (χ1v) is 7.27. The number of rotatable bonds is 3. The topological polar surface area (TPSA) is 51.4 Å². The van der Waals surface area contributed by atoms with Gasteiger partial charge in [-0.05, 0) is 18.6 Å². The summed E-state index contributed by atoms with van der Waals surface area (Å²) < 4.78 is 5.74. The van der Waals surface area contributed by atoms with Crippen molar-refractivity contribution < 1.29 is 4.74 Å². The van der Waals surface area contributed by atoms with Gasteiger partial charge in [-0.15, -0.1) is 0 Å². The van der Waals surface area contributed by atoms with E-state index in [0.717, 1.165) is 48.4 Å². The lowest BCUT2D eigenvalue weighted by atomic mass is 10.1. The van der Waals surface area contributed by atoms with Crippen molar-refractivity contribution in [3.05, 3.63) is 35.9 Å². The fraction of sp³-hybridized carbons (Fsp3) is 0.438. The molecule has 1 unspecified atom stereocenters. The Morgan fingerprint density at radius 1 is 1.40 bits per heavy atom. The molecule has 1 aromatic heterocycles. The molecule has 1 atom stereocenters. The van der Waals surface area contributed by atoms with E-state index in [4.69, 9.17) is 15.5 Å². The average molecular weight is 271 g/mol. The summed E-state index contributed by atoms with van der Waals surface area (Å²) in [6.45, 7) is 5.22. The fourth-order valence-electron chi connectivity index (χ4n) is 2.73. The first-order chi connectivity index (χ1) is 9.81. The van der Waals surface area contributed by atoms with E-state index in [1.165, 1.54) is 0 Å². The summed E-state index contributed by atoms with van der Waals surface area (Å²) in [5.74, 6) is 1.02. The third-order valence-electron chi connectivity index (χ3n) is 3.89. The van der Waals surface area contributed by atoms with Crippen molar-refractivity contribution in [2.75, 3.05) is 24.6 Å². The zero-order valence-electron chi connectivity index (χ0n) is 11.9. The highest BCUT2D eigenvalue weighted by Gasteiger charge is 2.22. The Balaban J connectivity index is 2.00. The number of hydrogen-bond acceptors (Lipinski definition) is 4. The van der Waals surface area contributed by atoms with Crippen molar-refractivity contribution in [1.82, 2.24) is 4.98 Å². The summed E-state index contributed by atoms with van der Waals surface area (Å²) in [6.07, 6.45) is 1.32. The molecule has 1 saturated heterocycles. The summed E-state index contributed by atoms with van der Waals surface area (Å²) in [4.78, 5) is 7.14. The number of fused-ring (bicyclic) bond motifs is 1. The molecule has 1 aliphatic rings. The van der Waals surface area contributed by atoms with Gasteiger partial charge in [-0.25, -0.2) is 4.98 Å². The highest BCUT2D eigenvalue weighted by molar-refractivity contribution is 5.81. The number of nitrogens with two attached hydrogens (primary N) is 1. The molecule has 0 bridgehead atoms. The van der Waals surface area contributed by atoms with Crippen LogP contribution in [0.15, 0.2) is 30.3 Å². The van der Waals surface area contributed by atoms with Crippen LogP contribution < -0.4 is 10.6 Å². The van der Waals surface area contributed by atoms with E-state index in [0.29, 0.717) is 12.6 Å². The van der Waals surface area contributed by atoms with Gasteiger partial charge < -0.3 is 15.4 Å². The predicted molar refractivity (Wildman–Crippen MR) is 81.9 cm³/mol. The summed E-state index contributed by atoms with van der Waals surface area (Å²) in [6, 6.07) is 10.4. The van der Waals surface area contributed by atoms with E-state index in [-0.39, 0.29) is 0 Å². The number of anilines is 1. The van der Waals surface area contributed by atoms with Crippen LogP contribution in [0.5, 0.6) is 0 Å². The molecular weight excluding hydrogens is 250 g/mol. The van der Waals surface area contributed by atoms with E-state index in [2.05, 4.69) is 30.0 Å². The second kappa shape index (κ2) is 5.77. The Bertz CT molecular complexity index is 599. The smallest absolute Gasteiger partial charge is 0.133 e. The molecule has 2 heterocycles. The molecule has 2 aromatic rings. The Hall–Kier alpha value is -1.65. The summed E-state index contributed by atoms with van der Waals surface area (Å²) >= 11 is 0. The van der Waals surface area contributed by atoms with Gasteiger partial charge in [-0.3, -0.25) is 0 Å². The van der Waals surface area contributed by atoms with E-state index < -0.39 is 0 Å². The minimum absolute atomic E-state index is 0.294. The maximum atomic E-state index is 5.92. The number of para-hydroxylation sites is 1. The van der Waals surface area contributed by atoms with Crippen LogP contribution in [0.25, 0.3) is 10.9 Å². The molecule has 4 nitrogen and oxygen atoms in total. The van der Waals surface area contributed by atoms with Gasteiger partial charge >= 0.3 is 0 Å². The normalized spacial score (nSPS) is 19.5. The number of nitrogens with zero attached hydrogens (tertiary/aromatic N) is 2. The molecule has 4 heteroatoms. The Morgan fingerprint density at radius 2 is 2.25 bits per heavy atom. The summed E-state index contributed by atoms with van der Waals surface area (Å²) in [7, 11) is 0. The summed E-state index contributed by atoms with van der Waals surface area (Å²) in [5.41, 5.74) is 8.06. The number of ether oxygens (including phenoxy) is 1. The Labute approximate surface area is 119 Å². The molecule has 0 spiro atoms. The maximum Gasteiger partial charge on any atom is 0.133 e. The van der Waals surface area contributed by atoms with Crippen LogP contribution in [0.2, 0.25) is 0 Å². The van der Waals surface area contributed by atoms with Crippen molar-refractivity contribution >= 4 is 16.7 Å². The monoisotopic (exact) mass is 271 g/mol. The molecule has 0 radical (unpaired) electrons. The van der Waals surface area contributed by atoms with Crippen LogP contribution in [-0.2, 0) is 11.3 Å². The summed E-state index contributed by atoms with van der Waals surface area (Å²) in [5, 5.41) is 1.15. The van der Waals surface area contributed by atoms with E-state index in [1.807, 2.05) is 12.1 Å². The van der Waals surface area contributed by atoms with Crippen molar-refractivity contribution in [2.24, 2.45) is 5.73 Å². The minimum Gasteiger partial charge on any atom is -0.375 e. The number of benzene rings is 1. The molecule has 1 fully saturated rings. The van der Waals surface area contributed by atoms with Crippen LogP contribution in [-0.4, -0.2) is 30.8 Å². The van der Waals surface area contributed by atoms with Crippen molar-refractivity contribution in [2.45, 2.75) is 26.0 Å². The second-order valence-electron chi connectivity index (χ2n) is 5.21. The molecule has 0 aliphatic carbocycles. The third-order valence-corrected chi connectivity index (χ3v) is 3.89. The Morgan fingerprint density at radius 3 is 3.05 bits per heavy atom. The highest BCUT2D eigenvalue weighted by Crippen LogP contribution is 2.25. The molecule has 0 saturated carbocycles. The molecule has 3 rings (SSSR count). The van der Waals surface area contributed by atoms with Crippen LogP contribution in [0.4, 0.5) is 5.82 Å². The van der Waals surface area contributed by atoms with Crippen molar-refractivity contribution in [3.8, 4) is 0 Å². The number of hydrogen-bond donors (Lipinski definition) is 1. The van der Waals surface area contributed by atoms with Gasteiger partial charge in [-0.1, -0.05) is 25.1 Å². The average Bonchev–Trinajstić information content (AvgIpc) is 2.53. The molecule has 20 heavy (non-hydrogen) atoms. The van der Waals surface area contributed by atoms with E-state index in [1.54, 1.807) is 0 Å². The van der Waals surface area contributed by atoms with E-state index in [9.17, 15) is 0 Å². The van der Waals surface area contributed by atoms with Gasteiger partial charge in [0.1, 0.15) is 5.82 Å². The lowest BCUT2D eigenvalue weighted by Gasteiger charge is -2.34. The lowest BCUT2D eigenvalue weighted by molar-refractivity contribution is 0.0381. The Kier molecular flexibility index (Phi) is 3.85. The van der Waals surface area contributed by atoms with Crippen molar-refractivity contribution in [3.63, 3.8) is 0 Å². The van der Waals surface area contributed by atoms with Gasteiger partial charge in [0, 0.05) is 30.6 Å². The van der Waals surface area contributed by atoms with Gasteiger partial charge in [0.05, 0.1) is 18.2 Å². The van der Waals surface area contributed by atoms with E-state index >= 15 is 0 Å². The minimum atomic E-state index is 0.294. The number of morpholine rings is 1. The molecule has 1 aromatic carbocycles. The van der Waals surface area contributed by atoms with Gasteiger partial charge in [0.25, 0.3) is 0 Å². The quantitative estimate of drug-likeness (QED) is 0.930. The first kappa shape index (κ1) is 13.3. The molecule has 106 valence electrons. The van der Waals surface area contributed by atoms with Gasteiger partial charge in [0.15, 0.2) is 0 Å². The van der Waals surface area contributed by atoms with Crippen LogP contribution >= 0.6 is 0 Å². The fourth-order valence-corrected chi connectivity index (χ4v) is 2.73. The van der Waals surface area contributed by atoms with Crippen LogP contribution in [0, 0.1) is 0 Å². The standard InChI is InChI=1S/C16H21N3O/c1-2-14-11-19(7-8-20-14)16-13(10-17)9-12-5-3-4-6-15(12)18-16/h3-6,9,14H,2,7-8,10-11,17H2,1H3. The van der Waals surface area contributed by atoms with Gasteiger partial charge in [-0.2, -0.15) is 0 Å². The zero-order valence-corrected chi connectivity index (χ0v) is 11.9. The van der Waals surface area contributed by atoms with Crippen LogP contribution in [0.1, 0.15) is 18.9 Å². The SMILES string of the molecule is CCC1CN(c2nc3ccccc3cc2CN)CCO1. The lowest BCUT2D eigenvalue weighted by Crippen LogP contribution is -2.43. The molecule has 0 amide bonds. The third kappa shape index (κ3) is 2.49. The zero-order chi connectivity index (χ0) is 13.9. The first-order valence-electron chi connectivity index (χ1n) is 7.27. The number of aromatic nitrogens is 1. The molecule has 1 aliphatic heterocycles. The molecular formula is C16H21N3O. The molecule has 2 N–H and O–H groups in total. The van der Waals surface area contributed by atoms with Gasteiger partial charge in [0.2, 0.25) is 0 Å². The number of pyridine rings is 1. The predicted octanol–water partition coefficient (Wildman–Crippen LogP) is 2.31. The highest BCUT2D eigenvalue weighted by atomic mass is 16.5. The van der Waals surface area contributed by atoms with Crippen LogP contribution in [0.3, 0.4) is 0 Å². The second-order valence-corrected chi connectivity index (χ2v) is 5.21. The van der Waals surface area contributed by atoms with Crippen molar-refractivity contribution in [1.29, 1.82) is 0 Å². The largest absolute Gasteiger partial charge is 0.375 e.